The summed E-state index contributed by atoms with van der Waals surface area (Å²) in [6, 6.07) is 6.61. The second-order valence-corrected chi connectivity index (χ2v) is 7.88. The molecule has 2 fully saturated rings. The Morgan fingerprint density at radius 3 is 2.45 bits per heavy atom. The standard InChI is InChI=1S/C15H22N2O2S/c1-10-3-4-11(2)15(7-10)20(18,19)17-14-8-12-5-6-13(9-14)16-12/h3-4,7,12-14,16-17H,5-6,8-9H2,1-2H3. The molecule has 2 atom stereocenters. The highest BCUT2D eigenvalue weighted by molar-refractivity contribution is 7.89. The first-order valence-electron chi connectivity index (χ1n) is 7.30. The van der Waals surface area contributed by atoms with Crippen molar-refractivity contribution in [3.8, 4) is 0 Å². The van der Waals surface area contributed by atoms with Gasteiger partial charge in [-0.3, -0.25) is 0 Å². The second kappa shape index (κ2) is 5.13. The van der Waals surface area contributed by atoms with Crippen LogP contribution in [0.1, 0.15) is 36.8 Å². The summed E-state index contributed by atoms with van der Waals surface area (Å²) < 4.78 is 28.1. The van der Waals surface area contributed by atoms with E-state index in [1.807, 2.05) is 26.0 Å². The lowest BCUT2D eigenvalue weighted by molar-refractivity contribution is 0.345. The number of piperidine rings is 1. The predicted molar refractivity (Wildman–Crippen MR) is 79.2 cm³/mol. The minimum absolute atomic E-state index is 0.0682. The molecule has 20 heavy (non-hydrogen) atoms. The van der Waals surface area contributed by atoms with Gasteiger partial charge in [-0.25, -0.2) is 13.1 Å². The lowest BCUT2D eigenvalue weighted by Crippen LogP contribution is -2.48. The van der Waals surface area contributed by atoms with Crippen molar-refractivity contribution in [2.75, 3.05) is 0 Å². The van der Waals surface area contributed by atoms with Crippen LogP contribution in [0, 0.1) is 13.8 Å². The molecule has 2 heterocycles. The Kier molecular flexibility index (Phi) is 3.60. The van der Waals surface area contributed by atoms with Crippen molar-refractivity contribution in [3.63, 3.8) is 0 Å². The van der Waals surface area contributed by atoms with Crippen molar-refractivity contribution in [3.05, 3.63) is 29.3 Å². The van der Waals surface area contributed by atoms with Crippen molar-refractivity contribution >= 4 is 10.0 Å². The van der Waals surface area contributed by atoms with Crippen LogP contribution >= 0.6 is 0 Å². The second-order valence-electron chi connectivity index (χ2n) is 6.20. The molecule has 0 aliphatic carbocycles. The lowest BCUT2D eigenvalue weighted by atomic mass is 10.0. The first kappa shape index (κ1) is 14.0. The third-order valence-electron chi connectivity index (χ3n) is 4.43. The zero-order chi connectivity index (χ0) is 14.3. The molecule has 0 radical (unpaired) electrons. The SMILES string of the molecule is Cc1ccc(C)c(S(=O)(=O)NC2CC3CCC(C2)N3)c1. The maximum atomic E-state index is 12.6. The fourth-order valence-corrected chi connectivity index (χ4v) is 5.02. The Labute approximate surface area is 121 Å². The highest BCUT2D eigenvalue weighted by atomic mass is 32.2. The Morgan fingerprint density at radius 1 is 1.15 bits per heavy atom. The summed E-state index contributed by atoms with van der Waals surface area (Å²) >= 11 is 0. The van der Waals surface area contributed by atoms with Gasteiger partial charge in [0.2, 0.25) is 10.0 Å². The van der Waals surface area contributed by atoms with Gasteiger partial charge in [-0.15, -0.1) is 0 Å². The van der Waals surface area contributed by atoms with E-state index in [1.165, 1.54) is 12.8 Å². The first-order valence-corrected chi connectivity index (χ1v) is 8.78. The fraction of sp³-hybridized carbons (Fsp3) is 0.600. The minimum atomic E-state index is -3.41. The molecule has 1 aromatic carbocycles. The van der Waals surface area contributed by atoms with Crippen LogP contribution in [0.15, 0.2) is 23.1 Å². The molecule has 2 bridgehead atoms. The molecule has 2 unspecified atom stereocenters. The van der Waals surface area contributed by atoms with Crippen LogP contribution in [-0.2, 0) is 10.0 Å². The topological polar surface area (TPSA) is 58.2 Å². The molecule has 2 aliphatic heterocycles. The molecule has 0 amide bonds. The number of benzene rings is 1. The molecule has 0 aromatic heterocycles. The quantitative estimate of drug-likeness (QED) is 0.894. The number of hydrogen-bond donors (Lipinski definition) is 2. The predicted octanol–water partition coefficient (Wildman–Crippen LogP) is 1.86. The van der Waals surface area contributed by atoms with Crippen LogP contribution < -0.4 is 10.0 Å². The average molecular weight is 294 g/mol. The Morgan fingerprint density at radius 2 is 1.80 bits per heavy atom. The van der Waals surface area contributed by atoms with Gasteiger partial charge in [-0.1, -0.05) is 12.1 Å². The van der Waals surface area contributed by atoms with Crippen molar-refractivity contribution in [1.82, 2.24) is 10.0 Å². The van der Waals surface area contributed by atoms with Crippen molar-refractivity contribution < 1.29 is 8.42 Å². The van der Waals surface area contributed by atoms with Gasteiger partial charge in [0.25, 0.3) is 0 Å². The van der Waals surface area contributed by atoms with Gasteiger partial charge in [-0.05, 0) is 56.7 Å². The number of rotatable bonds is 3. The molecule has 2 aliphatic rings. The Bertz CT molecular complexity index is 600. The van der Waals surface area contributed by atoms with Crippen LogP contribution in [-0.4, -0.2) is 26.5 Å². The molecule has 110 valence electrons. The van der Waals surface area contributed by atoms with E-state index in [9.17, 15) is 8.42 Å². The van der Waals surface area contributed by atoms with E-state index in [4.69, 9.17) is 0 Å². The van der Waals surface area contributed by atoms with Crippen molar-refractivity contribution in [2.24, 2.45) is 0 Å². The van der Waals surface area contributed by atoms with Gasteiger partial charge < -0.3 is 5.32 Å². The van der Waals surface area contributed by atoms with Crippen LogP contribution in [0.2, 0.25) is 0 Å². The number of hydrogen-bond acceptors (Lipinski definition) is 3. The summed E-state index contributed by atoms with van der Waals surface area (Å²) in [5.41, 5.74) is 1.78. The van der Waals surface area contributed by atoms with E-state index in [2.05, 4.69) is 10.0 Å². The summed E-state index contributed by atoms with van der Waals surface area (Å²) in [4.78, 5) is 0.420. The molecule has 3 rings (SSSR count). The summed E-state index contributed by atoms with van der Waals surface area (Å²) in [6.45, 7) is 3.77. The first-order chi connectivity index (χ1) is 9.44. The molecular weight excluding hydrogens is 272 g/mol. The normalized spacial score (nSPS) is 29.6. The fourth-order valence-electron chi connectivity index (χ4n) is 3.43. The van der Waals surface area contributed by atoms with Crippen LogP contribution in [0.5, 0.6) is 0 Å². The van der Waals surface area contributed by atoms with E-state index in [1.54, 1.807) is 6.07 Å². The summed E-state index contributed by atoms with van der Waals surface area (Å²) in [5.74, 6) is 0. The molecule has 0 saturated carbocycles. The van der Waals surface area contributed by atoms with E-state index in [-0.39, 0.29) is 6.04 Å². The van der Waals surface area contributed by atoms with Gasteiger partial charge in [-0.2, -0.15) is 0 Å². The maximum absolute atomic E-state index is 12.6. The average Bonchev–Trinajstić information content (AvgIpc) is 2.71. The molecule has 4 nitrogen and oxygen atoms in total. The number of fused-ring (bicyclic) bond motifs is 2. The van der Waals surface area contributed by atoms with E-state index >= 15 is 0 Å². The molecule has 1 aromatic rings. The summed E-state index contributed by atoms with van der Waals surface area (Å²) in [6.07, 6.45) is 4.15. The Balaban J connectivity index is 1.80. The van der Waals surface area contributed by atoms with E-state index in [0.717, 1.165) is 24.0 Å². The molecule has 5 heteroatoms. The van der Waals surface area contributed by atoms with Crippen LogP contribution in [0.25, 0.3) is 0 Å². The van der Waals surface area contributed by atoms with Crippen molar-refractivity contribution in [2.45, 2.75) is 62.6 Å². The number of aryl methyl sites for hydroxylation is 2. The lowest BCUT2D eigenvalue weighted by Gasteiger charge is -2.29. The van der Waals surface area contributed by atoms with Gasteiger partial charge in [0.15, 0.2) is 0 Å². The van der Waals surface area contributed by atoms with E-state index in [0.29, 0.717) is 17.0 Å². The maximum Gasteiger partial charge on any atom is 0.241 e. The van der Waals surface area contributed by atoms with Gasteiger partial charge in [0.05, 0.1) is 4.90 Å². The summed E-state index contributed by atoms with van der Waals surface area (Å²) in [7, 11) is -3.41. The largest absolute Gasteiger partial charge is 0.311 e. The smallest absolute Gasteiger partial charge is 0.241 e. The molecule has 2 N–H and O–H groups in total. The number of nitrogens with one attached hydrogen (secondary N) is 2. The van der Waals surface area contributed by atoms with Crippen molar-refractivity contribution in [1.29, 1.82) is 0 Å². The van der Waals surface area contributed by atoms with E-state index < -0.39 is 10.0 Å². The molecular formula is C15H22N2O2S. The molecule has 0 spiro atoms. The molecule has 2 saturated heterocycles. The zero-order valence-electron chi connectivity index (χ0n) is 12.0. The monoisotopic (exact) mass is 294 g/mol. The highest BCUT2D eigenvalue weighted by Gasteiger charge is 2.35. The Hall–Kier alpha value is -0.910. The zero-order valence-corrected chi connectivity index (χ0v) is 12.8. The van der Waals surface area contributed by atoms with Gasteiger partial charge in [0, 0.05) is 18.1 Å². The van der Waals surface area contributed by atoms with Crippen LogP contribution in [0.3, 0.4) is 0 Å². The third kappa shape index (κ3) is 2.75. The summed E-state index contributed by atoms with van der Waals surface area (Å²) in [5, 5.41) is 3.53. The van der Waals surface area contributed by atoms with Gasteiger partial charge >= 0.3 is 0 Å². The third-order valence-corrected chi connectivity index (χ3v) is 6.09. The van der Waals surface area contributed by atoms with Gasteiger partial charge in [0.1, 0.15) is 0 Å². The highest BCUT2D eigenvalue weighted by Crippen LogP contribution is 2.28. The minimum Gasteiger partial charge on any atom is -0.311 e. The van der Waals surface area contributed by atoms with Crippen LogP contribution in [0.4, 0.5) is 0 Å². The number of sulfonamides is 1.